The Kier molecular flexibility index (Phi) is 5.90. The molecule has 2 heterocycles. The Morgan fingerprint density at radius 3 is 2.43 bits per heavy atom. The molecule has 2 amide bonds. The summed E-state index contributed by atoms with van der Waals surface area (Å²) in [6.07, 6.45) is 3.97. The third-order valence-electron chi connectivity index (χ3n) is 5.53. The Morgan fingerprint density at radius 1 is 1.17 bits per heavy atom. The van der Waals surface area contributed by atoms with Crippen LogP contribution in [0.5, 0.6) is 0 Å². The molecule has 1 saturated carbocycles. The van der Waals surface area contributed by atoms with Crippen LogP contribution in [0.4, 0.5) is 0 Å². The average Bonchev–Trinajstić information content (AvgIpc) is 2.88. The van der Waals surface area contributed by atoms with Gasteiger partial charge in [-0.05, 0) is 24.7 Å². The van der Waals surface area contributed by atoms with Crippen LogP contribution in [0.1, 0.15) is 39.5 Å². The number of nitrogens with zero attached hydrogens (tertiary/aromatic N) is 2. The molecule has 0 radical (unpaired) electrons. The number of carbonyl (C=O) groups is 2. The molecule has 132 valence electrons. The molecular formula is C16H28ClN3O2S. The minimum absolute atomic E-state index is 0. The molecule has 0 bridgehead atoms. The zero-order valence-electron chi connectivity index (χ0n) is 14.0. The van der Waals surface area contributed by atoms with Crippen molar-refractivity contribution in [3.8, 4) is 0 Å². The fourth-order valence-corrected chi connectivity index (χ4v) is 4.68. The average molecular weight is 362 g/mol. The highest BCUT2D eigenvalue weighted by atomic mass is 35.5. The maximum atomic E-state index is 12.9. The van der Waals surface area contributed by atoms with Gasteiger partial charge in [-0.25, -0.2) is 0 Å². The molecule has 2 N–H and O–H groups in total. The molecule has 0 spiro atoms. The van der Waals surface area contributed by atoms with Gasteiger partial charge >= 0.3 is 0 Å². The zero-order chi connectivity index (χ0) is 15.9. The number of likely N-dealkylation sites (tertiary alicyclic amines) is 1. The Labute approximate surface area is 149 Å². The van der Waals surface area contributed by atoms with E-state index in [4.69, 9.17) is 5.73 Å². The first-order chi connectivity index (χ1) is 10.4. The summed E-state index contributed by atoms with van der Waals surface area (Å²) in [4.78, 5) is 29.2. The number of rotatable bonds is 2. The van der Waals surface area contributed by atoms with Crippen molar-refractivity contribution >= 4 is 36.0 Å². The normalized spacial score (nSPS) is 30.6. The molecule has 0 aromatic rings. The lowest BCUT2D eigenvalue weighted by Gasteiger charge is -2.44. The van der Waals surface area contributed by atoms with Gasteiger partial charge in [0.25, 0.3) is 0 Å². The molecule has 3 rings (SSSR count). The summed E-state index contributed by atoms with van der Waals surface area (Å²) < 4.78 is 0. The van der Waals surface area contributed by atoms with Crippen LogP contribution in [0, 0.1) is 11.3 Å². The van der Waals surface area contributed by atoms with E-state index in [1.807, 2.05) is 9.80 Å². The van der Waals surface area contributed by atoms with Gasteiger partial charge in [0.1, 0.15) is 6.04 Å². The predicted molar refractivity (Wildman–Crippen MR) is 95.5 cm³/mol. The van der Waals surface area contributed by atoms with E-state index in [1.54, 1.807) is 11.8 Å². The highest BCUT2D eigenvalue weighted by Gasteiger charge is 2.43. The molecule has 7 heteroatoms. The number of thioether (sulfide) groups is 1. The molecule has 0 aromatic carbocycles. The standard InChI is InChI=1S/C16H27N3O2S.ClH/c1-16(2)9-18(7-6-13(16)17)15(21)12-8-22-10-19(12)14(20)11-4-3-5-11;/h11-13H,3-10,17H2,1-2H3;1H. The van der Waals surface area contributed by atoms with E-state index in [0.29, 0.717) is 12.4 Å². The molecule has 2 saturated heterocycles. The molecular weight excluding hydrogens is 334 g/mol. The van der Waals surface area contributed by atoms with E-state index in [1.165, 1.54) is 0 Å². The number of hydrogen-bond acceptors (Lipinski definition) is 4. The minimum atomic E-state index is -0.261. The SMILES string of the molecule is CC1(C)CN(C(=O)C2CSCN2C(=O)C2CCC2)CCC1N.Cl. The first kappa shape index (κ1) is 18.9. The molecule has 0 aromatic heterocycles. The van der Waals surface area contributed by atoms with E-state index in [2.05, 4.69) is 13.8 Å². The Bertz CT molecular complexity index is 470. The second kappa shape index (κ2) is 7.19. The highest BCUT2D eigenvalue weighted by molar-refractivity contribution is 7.99. The number of halogens is 1. The number of piperidine rings is 1. The van der Waals surface area contributed by atoms with Gasteiger partial charge in [-0.15, -0.1) is 24.2 Å². The molecule has 3 aliphatic rings. The molecule has 2 unspecified atom stereocenters. The molecule has 3 fully saturated rings. The van der Waals surface area contributed by atoms with Gasteiger partial charge in [-0.3, -0.25) is 9.59 Å². The summed E-state index contributed by atoms with van der Waals surface area (Å²) in [6.45, 7) is 5.66. The summed E-state index contributed by atoms with van der Waals surface area (Å²) >= 11 is 1.70. The predicted octanol–water partition coefficient (Wildman–Crippen LogP) is 1.70. The zero-order valence-corrected chi connectivity index (χ0v) is 15.6. The van der Waals surface area contributed by atoms with Gasteiger partial charge in [-0.2, -0.15) is 0 Å². The van der Waals surface area contributed by atoms with E-state index in [0.717, 1.165) is 38.0 Å². The van der Waals surface area contributed by atoms with Gasteiger partial charge in [0.05, 0.1) is 5.88 Å². The topological polar surface area (TPSA) is 66.6 Å². The maximum absolute atomic E-state index is 12.9. The van der Waals surface area contributed by atoms with E-state index < -0.39 is 0 Å². The second-order valence-electron chi connectivity index (χ2n) is 7.60. The van der Waals surface area contributed by atoms with Gasteiger partial charge in [0, 0.05) is 30.8 Å². The number of nitrogens with two attached hydrogens (primary N) is 1. The highest BCUT2D eigenvalue weighted by Crippen LogP contribution is 2.34. The number of hydrogen-bond donors (Lipinski definition) is 1. The third-order valence-corrected chi connectivity index (χ3v) is 6.54. The summed E-state index contributed by atoms with van der Waals surface area (Å²) in [5, 5.41) is 0. The lowest BCUT2D eigenvalue weighted by molar-refractivity contribution is -0.148. The van der Waals surface area contributed by atoms with Crippen LogP contribution in [0.3, 0.4) is 0 Å². The van der Waals surface area contributed by atoms with Crippen LogP contribution in [0.15, 0.2) is 0 Å². The van der Waals surface area contributed by atoms with Crippen LogP contribution < -0.4 is 5.73 Å². The molecule has 2 aliphatic heterocycles. The fraction of sp³-hybridized carbons (Fsp3) is 0.875. The Hall–Kier alpha value is -0.460. The van der Waals surface area contributed by atoms with Crippen LogP contribution >= 0.6 is 24.2 Å². The van der Waals surface area contributed by atoms with Crippen LogP contribution in [-0.2, 0) is 9.59 Å². The summed E-state index contributed by atoms with van der Waals surface area (Å²) in [5.74, 6) is 1.89. The van der Waals surface area contributed by atoms with Crippen molar-refractivity contribution in [1.82, 2.24) is 9.80 Å². The van der Waals surface area contributed by atoms with E-state index in [9.17, 15) is 9.59 Å². The lowest BCUT2D eigenvalue weighted by atomic mass is 9.79. The van der Waals surface area contributed by atoms with Crippen molar-refractivity contribution in [2.45, 2.75) is 51.6 Å². The van der Waals surface area contributed by atoms with Crippen molar-refractivity contribution in [1.29, 1.82) is 0 Å². The van der Waals surface area contributed by atoms with Crippen molar-refractivity contribution in [2.75, 3.05) is 24.7 Å². The molecule has 5 nitrogen and oxygen atoms in total. The van der Waals surface area contributed by atoms with Gasteiger partial charge < -0.3 is 15.5 Å². The van der Waals surface area contributed by atoms with Crippen LogP contribution in [0.25, 0.3) is 0 Å². The summed E-state index contributed by atoms with van der Waals surface area (Å²) in [6, 6.07) is -0.120. The number of carbonyl (C=O) groups excluding carboxylic acids is 2. The Balaban J connectivity index is 0.00000192. The van der Waals surface area contributed by atoms with E-state index >= 15 is 0 Å². The Morgan fingerprint density at radius 2 is 1.87 bits per heavy atom. The number of amides is 2. The first-order valence-electron chi connectivity index (χ1n) is 8.33. The summed E-state index contributed by atoms with van der Waals surface area (Å²) in [5.41, 5.74) is 6.11. The van der Waals surface area contributed by atoms with Crippen LogP contribution in [0.2, 0.25) is 0 Å². The third kappa shape index (κ3) is 3.64. The molecule has 1 aliphatic carbocycles. The fourth-order valence-electron chi connectivity index (χ4n) is 3.53. The monoisotopic (exact) mass is 361 g/mol. The van der Waals surface area contributed by atoms with Gasteiger partial charge in [-0.1, -0.05) is 20.3 Å². The summed E-state index contributed by atoms with van der Waals surface area (Å²) in [7, 11) is 0. The van der Waals surface area contributed by atoms with Crippen LogP contribution in [-0.4, -0.2) is 58.4 Å². The van der Waals surface area contributed by atoms with Crippen molar-refractivity contribution in [3.63, 3.8) is 0 Å². The van der Waals surface area contributed by atoms with Gasteiger partial charge in [0.2, 0.25) is 11.8 Å². The first-order valence-corrected chi connectivity index (χ1v) is 9.48. The second-order valence-corrected chi connectivity index (χ2v) is 8.59. The quantitative estimate of drug-likeness (QED) is 0.812. The minimum Gasteiger partial charge on any atom is -0.340 e. The van der Waals surface area contributed by atoms with Crippen molar-refractivity contribution < 1.29 is 9.59 Å². The largest absolute Gasteiger partial charge is 0.340 e. The lowest BCUT2D eigenvalue weighted by Crippen LogP contribution is -2.58. The smallest absolute Gasteiger partial charge is 0.246 e. The maximum Gasteiger partial charge on any atom is 0.246 e. The molecule has 23 heavy (non-hydrogen) atoms. The van der Waals surface area contributed by atoms with E-state index in [-0.39, 0.29) is 47.6 Å². The van der Waals surface area contributed by atoms with Crippen molar-refractivity contribution in [3.05, 3.63) is 0 Å². The van der Waals surface area contributed by atoms with Crippen molar-refractivity contribution in [2.24, 2.45) is 17.1 Å². The van der Waals surface area contributed by atoms with Gasteiger partial charge in [0.15, 0.2) is 0 Å². The molecule has 2 atom stereocenters.